The maximum Gasteiger partial charge on any atom is 0.305 e. The smallest absolute Gasteiger partial charge is 0.305 e. The molecule has 0 radical (unpaired) electrons. The number of carbonyl (C=O) groups excluding carboxylic acids is 1. The number of nitro groups is 1. The zero-order chi connectivity index (χ0) is 15.0. The standard InChI is InChI=1S/C14H20N2O4/c1-3-20-14(17)8-5-9-15-11(2)12-6-4-7-13(10-12)16(18)19/h4,6-7,10-11,15H,3,5,8-9H2,1-2H3. The third-order valence-corrected chi connectivity index (χ3v) is 2.89. The molecule has 6 nitrogen and oxygen atoms in total. The van der Waals surface area contributed by atoms with Crippen LogP contribution in [0.2, 0.25) is 0 Å². The van der Waals surface area contributed by atoms with Crippen molar-refractivity contribution in [3.8, 4) is 0 Å². The molecule has 20 heavy (non-hydrogen) atoms. The molecule has 1 N–H and O–H groups in total. The molecule has 0 spiro atoms. The van der Waals surface area contributed by atoms with Crippen LogP contribution in [0.5, 0.6) is 0 Å². The molecule has 1 aromatic rings. The molecule has 0 aliphatic heterocycles. The van der Waals surface area contributed by atoms with Crippen molar-refractivity contribution < 1.29 is 14.5 Å². The number of hydrogen-bond donors (Lipinski definition) is 1. The number of nitrogens with zero attached hydrogens (tertiary/aromatic N) is 1. The van der Waals surface area contributed by atoms with Crippen molar-refractivity contribution in [2.45, 2.75) is 32.7 Å². The van der Waals surface area contributed by atoms with Gasteiger partial charge >= 0.3 is 5.97 Å². The lowest BCUT2D eigenvalue weighted by atomic mass is 10.1. The van der Waals surface area contributed by atoms with Crippen molar-refractivity contribution in [1.29, 1.82) is 0 Å². The van der Waals surface area contributed by atoms with Crippen LogP contribution in [0.4, 0.5) is 5.69 Å². The van der Waals surface area contributed by atoms with Crippen LogP contribution in [-0.2, 0) is 9.53 Å². The van der Waals surface area contributed by atoms with Crippen LogP contribution < -0.4 is 5.32 Å². The molecule has 0 aliphatic rings. The normalized spacial score (nSPS) is 11.9. The van der Waals surface area contributed by atoms with Crippen LogP contribution >= 0.6 is 0 Å². The van der Waals surface area contributed by atoms with Crippen molar-refractivity contribution in [1.82, 2.24) is 5.32 Å². The van der Waals surface area contributed by atoms with Gasteiger partial charge in [0.15, 0.2) is 0 Å². The molecule has 0 heterocycles. The number of rotatable bonds is 8. The van der Waals surface area contributed by atoms with E-state index < -0.39 is 4.92 Å². The molecule has 0 amide bonds. The van der Waals surface area contributed by atoms with Crippen LogP contribution in [0.25, 0.3) is 0 Å². The van der Waals surface area contributed by atoms with E-state index in [1.807, 2.05) is 13.0 Å². The summed E-state index contributed by atoms with van der Waals surface area (Å²) in [5.41, 5.74) is 0.943. The van der Waals surface area contributed by atoms with Gasteiger partial charge in [0.05, 0.1) is 11.5 Å². The van der Waals surface area contributed by atoms with Gasteiger partial charge in [-0.2, -0.15) is 0 Å². The SMILES string of the molecule is CCOC(=O)CCCNC(C)c1cccc([N+](=O)[O-])c1. The molecule has 0 saturated carbocycles. The summed E-state index contributed by atoms with van der Waals surface area (Å²) in [5.74, 6) is -0.197. The second kappa shape index (κ2) is 8.27. The van der Waals surface area contributed by atoms with Crippen LogP contribution in [0.1, 0.15) is 38.3 Å². The van der Waals surface area contributed by atoms with Crippen molar-refractivity contribution in [2.24, 2.45) is 0 Å². The number of nitrogens with one attached hydrogen (secondary N) is 1. The van der Waals surface area contributed by atoms with Gasteiger partial charge in [-0.1, -0.05) is 12.1 Å². The summed E-state index contributed by atoms with van der Waals surface area (Å²) in [6.07, 6.45) is 1.06. The Bertz CT molecular complexity index is 462. The maximum absolute atomic E-state index is 11.2. The summed E-state index contributed by atoms with van der Waals surface area (Å²) in [4.78, 5) is 21.5. The largest absolute Gasteiger partial charge is 0.466 e. The van der Waals surface area contributed by atoms with E-state index in [2.05, 4.69) is 5.32 Å². The van der Waals surface area contributed by atoms with Crippen LogP contribution in [0.15, 0.2) is 24.3 Å². The molecule has 0 fully saturated rings. The number of non-ortho nitro benzene ring substituents is 1. The van der Waals surface area contributed by atoms with Gasteiger partial charge in [0, 0.05) is 24.6 Å². The van der Waals surface area contributed by atoms with Crippen molar-refractivity contribution in [3.63, 3.8) is 0 Å². The van der Waals surface area contributed by atoms with Gasteiger partial charge in [-0.15, -0.1) is 0 Å². The zero-order valence-corrected chi connectivity index (χ0v) is 11.8. The van der Waals surface area contributed by atoms with Gasteiger partial charge in [0.2, 0.25) is 0 Å². The fraction of sp³-hybridized carbons (Fsp3) is 0.500. The van der Waals surface area contributed by atoms with Gasteiger partial charge in [0.25, 0.3) is 5.69 Å². The Labute approximate surface area is 118 Å². The molecule has 0 aliphatic carbocycles. The number of carbonyl (C=O) groups is 1. The van der Waals surface area contributed by atoms with Gasteiger partial charge in [-0.3, -0.25) is 14.9 Å². The number of hydrogen-bond acceptors (Lipinski definition) is 5. The number of nitro benzene ring substituents is 1. The zero-order valence-electron chi connectivity index (χ0n) is 11.8. The molecule has 0 bridgehead atoms. The van der Waals surface area contributed by atoms with E-state index in [4.69, 9.17) is 4.74 Å². The quantitative estimate of drug-likeness (QED) is 0.342. The predicted octanol–water partition coefficient (Wildman–Crippen LogP) is 2.59. The Morgan fingerprint density at radius 2 is 2.25 bits per heavy atom. The first-order valence-corrected chi connectivity index (χ1v) is 6.68. The summed E-state index contributed by atoms with van der Waals surface area (Å²) in [6, 6.07) is 6.54. The fourth-order valence-corrected chi connectivity index (χ4v) is 1.81. The molecule has 110 valence electrons. The Kier molecular flexibility index (Phi) is 6.66. The molecule has 0 aromatic heterocycles. The lowest BCUT2D eigenvalue weighted by Crippen LogP contribution is -2.20. The summed E-state index contributed by atoms with van der Waals surface area (Å²) >= 11 is 0. The molecule has 6 heteroatoms. The van der Waals surface area contributed by atoms with Crippen LogP contribution in [0, 0.1) is 10.1 Å². The molecule has 0 saturated heterocycles. The van der Waals surface area contributed by atoms with Gasteiger partial charge < -0.3 is 10.1 Å². The highest BCUT2D eigenvalue weighted by atomic mass is 16.6. The second-order valence-electron chi connectivity index (χ2n) is 4.44. The Morgan fingerprint density at radius 1 is 1.50 bits per heavy atom. The minimum atomic E-state index is -0.406. The second-order valence-corrected chi connectivity index (χ2v) is 4.44. The van der Waals surface area contributed by atoms with Crippen LogP contribution in [-0.4, -0.2) is 24.0 Å². The van der Waals surface area contributed by atoms with Crippen molar-refractivity contribution in [3.05, 3.63) is 39.9 Å². The molecule has 1 atom stereocenters. The van der Waals surface area contributed by atoms with E-state index in [-0.39, 0.29) is 17.7 Å². The lowest BCUT2D eigenvalue weighted by Gasteiger charge is -2.13. The predicted molar refractivity (Wildman–Crippen MR) is 75.4 cm³/mol. The highest BCUT2D eigenvalue weighted by Crippen LogP contribution is 2.18. The first-order chi connectivity index (χ1) is 9.54. The van der Waals surface area contributed by atoms with Crippen molar-refractivity contribution in [2.75, 3.05) is 13.2 Å². The minimum Gasteiger partial charge on any atom is -0.466 e. The van der Waals surface area contributed by atoms with Crippen molar-refractivity contribution >= 4 is 11.7 Å². The number of ether oxygens (including phenoxy) is 1. The summed E-state index contributed by atoms with van der Waals surface area (Å²) in [7, 11) is 0. The average Bonchev–Trinajstić information content (AvgIpc) is 2.43. The topological polar surface area (TPSA) is 81.5 Å². The average molecular weight is 280 g/mol. The summed E-state index contributed by atoms with van der Waals surface area (Å²) in [5, 5.41) is 13.9. The van der Waals surface area contributed by atoms with Crippen LogP contribution in [0.3, 0.4) is 0 Å². The van der Waals surface area contributed by atoms with E-state index in [0.717, 1.165) is 5.56 Å². The highest BCUT2D eigenvalue weighted by Gasteiger charge is 2.10. The number of esters is 1. The van der Waals surface area contributed by atoms with E-state index in [1.54, 1.807) is 19.1 Å². The fourth-order valence-electron chi connectivity index (χ4n) is 1.81. The Balaban J connectivity index is 2.39. The van der Waals surface area contributed by atoms with Gasteiger partial charge in [-0.05, 0) is 32.4 Å². The Hall–Kier alpha value is -1.95. The highest BCUT2D eigenvalue weighted by molar-refractivity contribution is 5.69. The van der Waals surface area contributed by atoms with E-state index in [0.29, 0.717) is 26.0 Å². The van der Waals surface area contributed by atoms with Gasteiger partial charge in [0.1, 0.15) is 0 Å². The summed E-state index contributed by atoms with van der Waals surface area (Å²) in [6.45, 7) is 4.77. The third kappa shape index (κ3) is 5.36. The number of benzene rings is 1. The Morgan fingerprint density at radius 3 is 2.90 bits per heavy atom. The molecular weight excluding hydrogens is 260 g/mol. The van der Waals surface area contributed by atoms with E-state index in [9.17, 15) is 14.9 Å². The first-order valence-electron chi connectivity index (χ1n) is 6.68. The summed E-state index contributed by atoms with van der Waals surface area (Å²) < 4.78 is 4.83. The minimum absolute atomic E-state index is 0.00269. The maximum atomic E-state index is 11.2. The molecular formula is C14H20N2O4. The molecule has 1 rings (SSSR count). The lowest BCUT2D eigenvalue weighted by molar-refractivity contribution is -0.384. The molecule has 1 unspecified atom stereocenters. The third-order valence-electron chi connectivity index (χ3n) is 2.89. The van der Waals surface area contributed by atoms with E-state index >= 15 is 0 Å². The molecule has 1 aromatic carbocycles. The van der Waals surface area contributed by atoms with E-state index in [1.165, 1.54) is 6.07 Å². The monoisotopic (exact) mass is 280 g/mol. The first kappa shape index (κ1) is 16.1. The van der Waals surface area contributed by atoms with Gasteiger partial charge in [-0.25, -0.2) is 0 Å².